The lowest BCUT2D eigenvalue weighted by Gasteiger charge is -2.12. The molecule has 0 bridgehead atoms. The molecule has 3 aromatic carbocycles. The van der Waals surface area contributed by atoms with Crippen molar-refractivity contribution in [3.63, 3.8) is 0 Å². The summed E-state index contributed by atoms with van der Waals surface area (Å²) in [6, 6.07) is 18.3. The molecule has 3 aromatic rings. The number of rotatable bonds is 15. The van der Waals surface area contributed by atoms with Gasteiger partial charge in [0.1, 0.15) is 28.7 Å². The molecule has 38 heavy (non-hydrogen) atoms. The van der Waals surface area contributed by atoms with Crippen LogP contribution in [0.4, 0.5) is 0 Å². The first-order valence-corrected chi connectivity index (χ1v) is 11.4. The zero-order valence-corrected chi connectivity index (χ0v) is 21.0. The molecule has 0 aromatic heterocycles. The molecule has 0 unspecified atom stereocenters. The predicted octanol–water partition coefficient (Wildman–Crippen LogP) is 5.00. The molecule has 0 N–H and O–H groups in total. The summed E-state index contributed by atoms with van der Waals surface area (Å²) in [6.45, 7) is 6.41. The van der Waals surface area contributed by atoms with Crippen LogP contribution in [0.15, 0.2) is 79.6 Å². The van der Waals surface area contributed by atoms with Crippen LogP contribution in [0.25, 0.3) is 0 Å². The zero-order valence-electron chi connectivity index (χ0n) is 21.0. The number of hydrogen-bond donors (Lipinski definition) is 0. The van der Waals surface area contributed by atoms with Gasteiger partial charge in [0.05, 0.1) is 11.8 Å². The first kappa shape index (κ1) is 27.9. The van der Waals surface area contributed by atoms with Crippen LogP contribution in [0, 0.1) is 6.92 Å². The van der Waals surface area contributed by atoms with Crippen LogP contribution in [0.3, 0.4) is 0 Å². The molecule has 0 heterocycles. The fourth-order valence-electron chi connectivity index (χ4n) is 2.91. The van der Waals surface area contributed by atoms with E-state index in [1.807, 2.05) is 6.92 Å². The molecule has 0 saturated heterocycles. The Balaban J connectivity index is 1.42. The van der Waals surface area contributed by atoms with E-state index in [-0.39, 0.29) is 27.2 Å². The maximum absolute atomic E-state index is 12.5. The SMILES string of the molecule is C=COCOCOc1ccc(OCOc2ccc(OC(=O)c3ccc(OCOC(C)=O)cc3)cc2C)cc1. The minimum atomic E-state index is -0.531. The highest BCUT2D eigenvalue weighted by Gasteiger charge is 2.11. The van der Waals surface area contributed by atoms with Gasteiger partial charge in [-0.2, -0.15) is 0 Å². The van der Waals surface area contributed by atoms with Crippen molar-refractivity contribution >= 4 is 11.9 Å². The van der Waals surface area contributed by atoms with Crippen molar-refractivity contribution in [1.29, 1.82) is 0 Å². The van der Waals surface area contributed by atoms with E-state index in [9.17, 15) is 9.59 Å². The Hall–Kier alpha value is -4.70. The van der Waals surface area contributed by atoms with Gasteiger partial charge < -0.3 is 37.9 Å². The Kier molecular flexibility index (Phi) is 10.8. The van der Waals surface area contributed by atoms with Gasteiger partial charge in [-0.1, -0.05) is 6.58 Å². The Morgan fingerprint density at radius 2 is 1.32 bits per heavy atom. The van der Waals surface area contributed by atoms with Crippen molar-refractivity contribution in [3.8, 4) is 28.7 Å². The predicted molar refractivity (Wildman–Crippen MR) is 135 cm³/mol. The highest BCUT2D eigenvalue weighted by molar-refractivity contribution is 5.91. The number of benzene rings is 3. The normalized spacial score (nSPS) is 10.2. The number of esters is 2. The molecule has 0 aliphatic rings. The minimum Gasteiger partial charge on any atom is -0.476 e. The van der Waals surface area contributed by atoms with Gasteiger partial charge in [0.15, 0.2) is 13.6 Å². The number of carbonyl (C=O) groups is 2. The van der Waals surface area contributed by atoms with E-state index in [1.54, 1.807) is 66.7 Å². The second-order valence-electron chi connectivity index (χ2n) is 7.53. The molecule has 0 amide bonds. The molecule has 0 atom stereocenters. The summed E-state index contributed by atoms with van der Waals surface area (Å²) in [5, 5.41) is 0. The van der Waals surface area contributed by atoms with Crippen LogP contribution < -0.4 is 23.7 Å². The summed E-state index contributed by atoms with van der Waals surface area (Å²) in [7, 11) is 0. The van der Waals surface area contributed by atoms with Crippen LogP contribution >= 0.6 is 0 Å². The second kappa shape index (κ2) is 14.8. The molecular formula is C28H28O10. The summed E-state index contributed by atoms with van der Waals surface area (Å²) in [5.41, 5.74) is 1.10. The molecule has 0 saturated carbocycles. The third-order valence-corrected chi connectivity index (χ3v) is 4.78. The lowest BCUT2D eigenvalue weighted by molar-refractivity contribution is -0.147. The molecule has 0 aliphatic heterocycles. The van der Waals surface area contributed by atoms with E-state index in [2.05, 4.69) is 6.58 Å². The largest absolute Gasteiger partial charge is 0.476 e. The summed E-state index contributed by atoms with van der Waals surface area (Å²) >= 11 is 0. The van der Waals surface area contributed by atoms with Crippen molar-refractivity contribution in [1.82, 2.24) is 0 Å². The molecule has 0 aliphatic carbocycles. The van der Waals surface area contributed by atoms with Crippen LogP contribution in [-0.4, -0.2) is 39.1 Å². The van der Waals surface area contributed by atoms with Gasteiger partial charge in [-0.05, 0) is 79.2 Å². The van der Waals surface area contributed by atoms with Crippen molar-refractivity contribution in [2.75, 3.05) is 27.2 Å². The van der Waals surface area contributed by atoms with Crippen molar-refractivity contribution in [2.24, 2.45) is 0 Å². The standard InChI is InChI=1S/C28H28O10/c1-4-31-16-32-17-34-24-9-11-25(12-10-24)36-19-37-27-14-13-26(15-20(27)2)38-28(30)22-5-7-23(8-6-22)35-18-33-21(3)29/h4-15H,1,16-19H2,2-3H3. The Bertz CT molecular complexity index is 1190. The monoisotopic (exact) mass is 524 g/mol. The average molecular weight is 525 g/mol. The van der Waals surface area contributed by atoms with E-state index in [4.69, 9.17) is 37.9 Å². The number of carbonyl (C=O) groups excluding carboxylic acids is 2. The first-order valence-electron chi connectivity index (χ1n) is 11.4. The smallest absolute Gasteiger partial charge is 0.343 e. The minimum absolute atomic E-state index is 0.0198. The van der Waals surface area contributed by atoms with E-state index in [1.165, 1.54) is 13.2 Å². The molecule has 10 heteroatoms. The lowest BCUT2D eigenvalue weighted by atomic mass is 10.2. The topological polar surface area (TPSA) is 108 Å². The Morgan fingerprint density at radius 1 is 0.737 bits per heavy atom. The van der Waals surface area contributed by atoms with Gasteiger partial charge >= 0.3 is 11.9 Å². The van der Waals surface area contributed by atoms with E-state index >= 15 is 0 Å². The first-order chi connectivity index (χ1) is 18.4. The number of aryl methyl sites for hydroxylation is 1. The third kappa shape index (κ3) is 9.40. The van der Waals surface area contributed by atoms with Crippen molar-refractivity contribution in [3.05, 3.63) is 90.7 Å². The quantitative estimate of drug-likeness (QED) is 0.0886. The van der Waals surface area contributed by atoms with Gasteiger partial charge in [-0.3, -0.25) is 4.79 Å². The van der Waals surface area contributed by atoms with Gasteiger partial charge in [-0.15, -0.1) is 0 Å². The fraction of sp³-hybridized carbons (Fsp3) is 0.214. The van der Waals surface area contributed by atoms with Gasteiger partial charge in [0.25, 0.3) is 0 Å². The van der Waals surface area contributed by atoms with Gasteiger partial charge in [-0.25, -0.2) is 4.79 Å². The van der Waals surface area contributed by atoms with E-state index < -0.39 is 11.9 Å². The summed E-state index contributed by atoms with van der Waals surface area (Å²) in [5.74, 6) is 1.63. The highest BCUT2D eigenvalue weighted by atomic mass is 16.7. The van der Waals surface area contributed by atoms with E-state index in [0.717, 1.165) is 5.56 Å². The molecule has 0 spiro atoms. The molecule has 3 rings (SSSR count). The highest BCUT2D eigenvalue weighted by Crippen LogP contribution is 2.25. The maximum atomic E-state index is 12.5. The van der Waals surface area contributed by atoms with E-state index in [0.29, 0.717) is 34.3 Å². The van der Waals surface area contributed by atoms with Crippen LogP contribution in [0.2, 0.25) is 0 Å². The maximum Gasteiger partial charge on any atom is 0.343 e. The van der Waals surface area contributed by atoms with Crippen LogP contribution in [0.5, 0.6) is 28.7 Å². The Labute approximate surface area is 220 Å². The van der Waals surface area contributed by atoms with Gasteiger partial charge in [0, 0.05) is 6.92 Å². The molecule has 0 radical (unpaired) electrons. The zero-order chi connectivity index (χ0) is 27.2. The van der Waals surface area contributed by atoms with Crippen LogP contribution in [0.1, 0.15) is 22.8 Å². The molecule has 200 valence electrons. The van der Waals surface area contributed by atoms with Crippen molar-refractivity contribution in [2.45, 2.75) is 13.8 Å². The van der Waals surface area contributed by atoms with Gasteiger partial charge in [0.2, 0.25) is 13.6 Å². The molecular weight excluding hydrogens is 496 g/mol. The number of ether oxygens (including phenoxy) is 8. The lowest BCUT2D eigenvalue weighted by Crippen LogP contribution is -2.10. The molecule has 10 nitrogen and oxygen atoms in total. The summed E-state index contributed by atoms with van der Waals surface area (Å²) < 4.78 is 42.1. The molecule has 0 fully saturated rings. The third-order valence-electron chi connectivity index (χ3n) is 4.78. The second-order valence-corrected chi connectivity index (χ2v) is 7.53. The van der Waals surface area contributed by atoms with Crippen LogP contribution in [-0.2, 0) is 19.0 Å². The average Bonchev–Trinajstić information content (AvgIpc) is 2.91. The number of hydrogen-bond acceptors (Lipinski definition) is 10. The Morgan fingerprint density at radius 3 is 1.92 bits per heavy atom. The summed E-state index contributed by atoms with van der Waals surface area (Å²) in [6.07, 6.45) is 1.29. The summed E-state index contributed by atoms with van der Waals surface area (Å²) in [4.78, 5) is 23.2. The van der Waals surface area contributed by atoms with Crippen molar-refractivity contribution < 1.29 is 47.5 Å². The fourth-order valence-corrected chi connectivity index (χ4v) is 2.91.